The standard InChI is InChI=1S/C23H27N3OS/c1-5-7-17-10-12-18(13-11-17)21-20(16(4)24-23(28)26-21)22(27)25-19-9-6-8-14(2)15(19)3/h6,8-13,21H,5,7H2,1-4H3,(H,25,27)(H2,24,26,28). The Bertz CT molecular complexity index is 931. The predicted molar refractivity (Wildman–Crippen MR) is 119 cm³/mol. The molecule has 0 fully saturated rings. The Balaban J connectivity index is 1.93. The number of nitrogens with one attached hydrogen (secondary N) is 3. The minimum atomic E-state index is -0.283. The minimum absolute atomic E-state index is 0.128. The highest BCUT2D eigenvalue weighted by atomic mass is 32.1. The molecule has 1 atom stereocenters. The van der Waals surface area contributed by atoms with Crippen LogP contribution in [0, 0.1) is 13.8 Å². The minimum Gasteiger partial charge on any atom is -0.351 e. The Morgan fingerprint density at radius 1 is 1.11 bits per heavy atom. The molecule has 5 heteroatoms. The number of carbonyl (C=O) groups excluding carboxylic acids is 1. The lowest BCUT2D eigenvalue weighted by molar-refractivity contribution is -0.113. The van der Waals surface area contributed by atoms with Crippen molar-refractivity contribution in [3.8, 4) is 0 Å². The van der Waals surface area contributed by atoms with E-state index in [-0.39, 0.29) is 11.9 Å². The molecule has 0 aromatic heterocycles. The topological polar surface area (TPSA) is 53.2 Å². The van der Waals surface area contributed by atoms with Crippen LogP contribution in [0.15, 0.2) is 53.7 Å². The third kappa shape index (κ3) is 4.25. The maximum absolute atomic E-state index is 13.2. The molecule has 4 nitrogen and oxygen atoms in total. The Hall–Kier alpha value is -2.66. The highest BCUT2D eigenvalue weighted by Crippen LogP contribution is 2.29. The molecule has 0 saturated heterocycles. The zero-order valence-corrected chi connectivity index (χ0v) is 17.7. The Labute approximate surface area is 172 Å². The SMILES string of the molecule is CCCc1ccc(C2NC(=S)NC(C)=C2C(=O)Nc2cccc(C)c2C)cc1. The molecule has 0 spiro atoms. The molecule has 1 unspecified atom stereocenters. The fraction of sp³-hybridized carbons (Fsp3) is 0.304. The van der Waals surface area contributed by atoms with Crippen molar-refractivity contribution < 1.29 is 4.79 Å². The van der Waals surface area contributed by atoms with Gasteiger partial charge in [-0.15, -0.1) is 0 Å². The van der Waals surface area contributed by atoms with E-state index in [0.717, 1.165) is 40.9 Å². The van der Waals surface area contributed by atoms with Crippen LogP contribution >= 0.6 is 12.2 Å². The lowest BCUT2D eigenvalue weighted by Crippen LogP contribution is -2.45. The van der Waals surface area contributed by atoms with Crippen molar-refractivity contribution in [3.63, 3.8) is 0 Å². The Morgan fingerprint density at radius 3 is 2.50 bits per heavy atom. The summed E-state index contributed by atoms with van der Waals surface area (Å²) in [6.07, 6.45) is 2.16. The van der Waals surface area contributed by atoms with Crippen molar-refractivity contribution in [1.29, 1.82) is 0 Å². The number of hydrogen-bond acceptors (Lipinski definition) is 2. The van der Waals surface area contributed by atoms with E-state index in [1.165, 1.54) is 5.56 Å². The number of anilines is 1. The maximum Gasteiger partial charge on any atom is 0.255 e. The molecule has 0 saturated carbocycles. The molecule has 3 rings (SSSR count). The van der Waals surface area contributed by atoms with Gasteiger partial charge in [-0.3, -0.25) is 4.79 Å². The van der Waals surface area contributed by atoms with Crippen molar-refractivity contribution in [2.75, 3.05) is 5.32 Å². The summed E-state index contributed by atoms with van der Waals surface area (Å²) in [4.78, 5) is 13.2. The lowest BCUT2D eigenvalue weighted by atomic mass is 9.93. The second-order valence-corrected chi connectivity index (χ2v) is 7.67. The average Bonchev–Trinajstić information content (AvgIpc) is 2.65. The average molecular weight is 394 g/mol. The van der Waals surface area contributed by atoms with Gasteiger partial charge in [0.1, 0.15) is 0 Å². The molecule has 146 valence electrons. The lowest BCUT2D eigenvalue weighted by Gasteiger charge is -2.30. The van der Waals surface area contributed by atoms with E-state index in [1.54, 1.807) is 0 Å². The largest absolute Gasteiger partial charge is 0.351 e. The summed E-state index contributed by atoms with van der Waals surface area (Å²) >= 11 is 5.35. The second-order valence-electron chi connectivity index (χ2n) is 7.26. The van der Waals surface area contributed by atoms with Crippen LogP contribution in [0.3, 0.4) is 0 Å². The zero-order valence-electron chi connectivity index (χ0n) is 16.8. The van der Waals surface area contributed by atoms with E-state index in [4.69, 9.17) is 12.2 Å². The fourth-order valence-corrected chi connectivity index (χ4v) is 3.76. The van der Waals surface area contributed by atoms with E-state index in [9.17, 15) is 4.79 Å². The first kappa shape index (κ1) is 20.1. The summed E-state index contributed by atoms with van der Waals surface area (Å²) in [6, 6.07) is 14.0. The van der Waals surface area contributed by atoms with Gasteiger partial charge in [-0.1, -0.05) is 49.7 Å². The van der Waals surface area contributed by atoms with Crippen LogP contribution in [-0.2, 0) is 11.2 Å². The summed E-state index contributed by atoms with van der Waals surface area (Å²) in [7, 11) is 0. The molecule has 28 heavy (non-hydrogen) atoms. The van der Waals surface area contributed by atoms with Crippen LogP contribution in [0.2, 0.25) is 0 Å². The van der Waals surface area contributed by atoms with Crippen LogP contribution in [0.4, 0.5) is 5.69 Å². The normalized spacial score (nSPS) is 16.4. The van der Waals surface area contributed by atoms with Crippen molar-refractivity contribution in [2.24, 2.45) is 0 Å². The molecule has 1 amide bonds. The third-order valence-corrected chi connectivity index (χ3v) is 5.44. The van der Waals surface area contributed by atoms with Gasteiger partial charge in [0.2, 0.25) is 0 Å². The Morgan fingerprint density at radius 2 is 1.82 bits per heavy atom. The van der Waals surface area contributed by atoms with Gasteiger partial charge in [-0.05, 0) is 67.7 Å². The van der Waals surface area contributed by atoms with Gasteiger partial charge >= 0.3 is 0 Å². The molecule has 1 aliphatic rings. The molecular formula is C23H27N3OS. The predicted octanol–water partition coefficient (Wildman–Crippen LogP) is 4.69. The monoisotopic (exact) mass is 393 g/mol. The van der Waals surface area contributed by atoms with Gasteiger partial charge in [0, 0.05) is 11.4 Å². The number of amides is 1. The molecule has 0 bridgehead atoms. The number of carbonyl (C=O) groups is 1. The van der Waals surface area contributed by atoms with Crippen LogP contribution in [0.5, 0.6) is 0 Å². The first-order chi connectivity index (χ1) is 13.4. The number of thiocarbonyl (C=S) groups is 1. The number of rotatable bonds is 5. The van der Waals surface area contributed by atoms with E-state index < -0.39 is 0 Å². The smallest absolute Gasteiger partial charge is 0.255 e. The number of allylic oxidation sites excluding steroid dienone is 1. The number of benzene rings is 2. The van der Waals surface area contributed by atoms with Crippen molar-refractivity contribution in [2.45, 2.75) is 46.6 Å². The molecule has 2 aromatic rings. The van der Waals surface area contributed by atoms with Gasteiger partial charge in [-0.25, -0.2) is 0 Å². The highest BCUT2D eigenvalue weighted by molar-refractivity contribution is 7.80. The van der Waals surface area contributed by atoms with E-state index in [2.05, 4.69) is 47.1 Å². The van der Waals surface area contributed by atoms with Gasteiger partial charge < -0.3 is 16.0 Å². The summed E-state index contributed by atoms with van der Waals surface area (Å²) in [5, 5.41) is 9.96. The fourth-order valence-electron chi connectivity index (χ4n) is 3.49. The molecule has 0 aliphatic carbocycles. The van der Waals surface area contributed by atoms with Crippen molar-refractivity contribution in [3.05, 3.63) is 76.0 Å². The highest BCUT2D eigenvalue weighted by Gasteiger charge is 2.30. The number of hydrogen-bond donors (Lipinski definition) is 3. The summed E-state index contributed by atoms with van der Waals surface area (Å²) in [6.45, 7) is 8.12. The van der Waals surface area contributed by atoms with Crippen LogP contribution in [-0.4, -0.2) is 11.0 Å². The molecule has 1 aliphatic heterocycles. The molecule has 1 heterocycles. The summed E-state index contributed by atoms with van der Waals surface area (Å²) < 4.78 is 0. The van der Waals surface area contributed by atoms with Crippen LogP contribution < -0.4 is 16.0 Å². The summed E-state index contributed by atoms with van der Waals surface area (Å²) in [5.41, 5.74) is 6.79. The quantitative estimate of drug-likeness (QED) is 0.645. The first-order valence-electron chi connectivity index (χ1n) is 9.65. The molecule has 3 N–H and O–H groups in total. The summed E-state index contributed by atoms with van der Waals surface area (Å²) in [5.74, 6) is -0.128. The van der Waals surface area contributed by atoms with E-state index in [0.29, 0.717) is 10.7 Å². The zero-order chi connectivity index (χ0) is 20.3. The Kier molecular flexibility index (Phi) is 6.15. The van der Waals surface area contributed by atoms with E-state index in [1.807, 2.05) is 39.0 Å². The van der Waals surface area contributed by atoms with Crippen LogP contribution in [0.1, 0.15) is 48.6 Å². The van der Waals surface area contributed by atoms with Crippen molar-refractivity contribution in [1.82, 2.24) is 10.6 Å². The van der Waals surface area contributed by atoms with Gasteiger partial charge in [0.05, 0.1) is 11.6 Å². The molecule has 0 radical (unpaired) electrons. The second kappa shape index (κ2) is 8.57. The maximum atomic E-state index is 13.2. The third-order valence-electron chi connectivity index (χ3n) is 5.22. The first-order valence-corrected chi connectivity index (χ1v) is 10.1. The van der Waals surface area contributed by atoms with Gasteiger partial charge in [-0.2, -0.15) is 0 Å². The van der Waals surface area contributed by atoms with Crippen LogP contribution in [0.25, 0.3) is 0 Å². The van der Waals surface area contributed by atoms with Gasteiger partial charge in [0.25, 0.3) is 5.91 Å². The molecular weight excluding hydrogens is 366 g/mol. The van der Waals surface area contributed by atoms with Crippen molar-refractivity contribution >= 4 is 28.9 Å². The molecule has 2 aromatic carbocycles. The number of aryl methyl sites for hydroxylation is 2. The van der Waals surface area contributed by atoms with E-state index >= 15 is 0 Å². The van der Waals surface area contributed by atoms with Gasteiger partial charge in [0.15, 0.2) is 5.11 Å².